The third kappa shape index (κ3) is 2.01. The molecule has 0 unspecified atom stereocenters. The molecule has 4 heteroatoms. The topological polar surface area (TPSA) is 62.2 Å². The van der Waals surface area contributed by atoms with Gasteiger partial charge in [-0.15, -0.1) is 0 Å². The SMILES string of the molecule is O=CNc1ccc(CO)nc1. The Kier molecular flexibility index (Phi) is 2.57. The fourth-order valence-corrected chi connectivity index (χ4v) is 0.671. The van der Waals surface area contributed by atoms with Crippen LogP contribution in [0.15, 0.2) is 18.3 Å². The molecule has 0 saturated carbocycles. The van der Waals surface area contributed by atoms with Gasteiger partial charge in [-0.3, -0.25) is 9.78 Å². The number of rotatable bonds is 3. The molecule has 0 saturated heterocycles. The van der Waals surface area contributed by atoms with Gasteiger partial charge in [0.25, 0.3) is 0 Å². The molecule has 1 aromatic rings. The number of nitrogens with one attached hydrogen (secondary N) is 1. The summed E-state index contributed by atoms with van der Waals surface area (Å²) in [5.74, 6) is 0. The summed E-state index contributed by atoms with van der Waals surface area (Å²) in [5.41, 5.74) is 1.21. The van der Waals surface area contributed by atoms with E-state index < -0.39 is 0 Å². The molecule has 0 aromatic carbocycles. The lowest BCUT2D eigenvalue weighted by Crippen LogP contribution is -1.95. The summed E-state index contributed by atoms with van der Waals surface area (Å²) < 4.78 is 0. The van der Waals surface area contributed by atoms with Crippen molar-refractivity contribution >= 4 is 12.1 Å². The minimum absolute atomic E-state index is 0.0820. The van der Waals surface area contributed by atoms with E-state index in [1.807, 2.05) is 0 Å². The Morgan fingerprint density at radius 1 is 1.64 bits per heavy atom. The number of hydrogen-bond donors (Lipinski definition) is 2. The highest BCUT2D eigenvalue weighted by atomic mass is 16.3. The van der Waals surface area contributed by atoms with Gasteiger partial charge in [0, 0.05) is 0 Å². The van der Waals surface area contributed by atoms with Crippen LogP contribution >= 0.6 is 0 Å². The van der Waals surface area contributed by atoms with Gasteiger partial charge in [-0.2, -0.15) is 0 Å². The zero-order chi connectivity index (χ0) is 8.10. The summed E-state index contributed by atoms with van der Waals surface area (Å²) in [7, 11) is 0. The molecular formula is C7H8N2O2. The van der Waals surface area contributed by atoms with Crippen LogP contribution in [0.5, 0.6) is 0 Å². The molecule has 4 nitrogen and oxygen atoms in total. The van der Waals surface area contributed by atoms with Crippen molar-refractivity contribution in [1.29, 1.82) is 0 Å². The minimum atomic E-state index is -0.0820. The maximum atomic E-state index is 9.94. The molecule has 1 aromatic heterocycles. The summed E-state index contributed by atoms with van der Waals surface area (Å²) in [4.78, 5) is 13.8. The second-order valence-corrected chi connectivity index (χ2v) is 1.96. The van der Waals surface area contributed by atoms with Crippen molar-refractivity contribution in [2.75, 3.05) is 5.32 Å². The van der Waals surface area contributed by atoms with E-state index in [4.69, 9.17) is 5.11 Å². The Balaban J connectivity index is 2.74. The lowest BCUT2D eigenvalue weighted by Gasteiger charge is -1.97. The number of aliphatic hydroxyl groups excluding tert-OH is 1. The molecule has 11 heavy (non-hydrogen) atoms. The monoisotopic (exact) mass is 152 g/mol. The van der Waals surface area contributed by atoms with Crippen LogP contribution < -0.4 is 5.32 Å². The first kappa shape index (κ1) is 7.68. The molecular weight excluding hydrogens is 144 g/mol. The first-order valence-electron chi connectivity index (χ1n) is 3.13. The van der Waals surface area contributed by atoms with Gasteiger partial charge in [0.05, 0.1) is 24.2 Å². The number of hydrogen-bond acceptors (Lipinski definition) is 3. The van der Waals surface area contributed by atoms with Crippen molar-refractivity contribution in [2.24, 2.45) is 0 Å². The van der Waals surface area contributed by atoms with Gasteiger partial charge in [0.15, 0.2) is 0 Å². The number of carbonyl (C=O) groups excluding carboxylic acids is 1. The van der Waals surface area contributed by atoms with Gasteiger partial charge in [-0.25, -0.2) is 0 Å². The number of carbonyl (C=O) groups is 1. The highest BCUT2D eigenvalue weighted by Gasteiger charge is 1.91. The molecule has 0 atom stereocenters. The van der Waals surface area contributed by atoms with Crippen LogP contribution in [0.4, 0.5) is 5.69 Å². The second-order valence-electron chi connectivity index (χ2n) is 1.96. The van der Waals surface area contributed by atoms with E-state index in [-0.39, 0.29) is 6.61 Å². The van der Waals surface area contributed by atoms with E-state index >= 15 is 0 Å². The molecule has 0 radical (unpaired) electrons. The fourth-order valence-electron chi connectivity index (χ4n) is 0.671. The van der Waals surface area contributed by atoms with E-state index in [9.17, 15) is 4.79 Å². The largest absolute Gasteiger partial charge is 0.390 e. The molecule has 0 aliphatic rings. The quantitative estimate of drug-likeness (QED) is 0.605. The lowest BCUT2D eigenvalue weighted by molar-refractivity contribution is -0.105. The van der Waals surface area contributed by atoms with Crippen LogP contribution in [-0.4, -0.2) is 16.5 Å². The van der Waals surface area contributed by atoms with E-state index in [1.165, 1.54) is 6.20 Å². The first-order chi connectivity index (χ1) is 5.36. The molecule has 1 rings (SSSR count). The molecule has 58 valence electrons. The predicted molar refractivity (Wildman–Crippen MR) is 39.8 cm³/mol. The van der Waals surface area contributed by atoms with Crippen LogP contribution in [0.3, 0.4) is 0 Å². The molecule has 0 bridgehead atoms. The zero-order valence-corrected chi connectivity index (χ0v) is 5.82. The third-order valence-corrected chi connectivity index (χ3v) is 1.21. The van der Waals surface area contributed by atoms with Crippen LogP contribution in [-0.2, 0) is 11.4 Å². The van der Waals surface area contributed by atoms with E-state index in [0.29, 0.717) is 17.8 Å². The van der Waals surface area contributed by atoms with Gasteiger partial charge >= 0.3 is 0 Å². The van der Waals surface area contributed by atoms with Crippen LogP contribution in [0, 0.1) is 0 Å². The number of pyridine rings is 1. The Morgan fingerprint density at radius 2 is 2.45 bits per heavy atom. The van der Waals surface area contributed by atoms with E-state index in [2.05, 4.69) is 10.3 Å². The van der Waals surface area contributed by atoms with Crippen LogP contribution in [0.1, 0.15) is 5.69 Å². The lowest BCUT2D eigenvalue weighted by atomic mass is 10.3. The van der Waals surface area contributed by atoms with Gasteiger partial charge < -0.3 is 10.4 Å². The first-order valence-corrected chi connectivity index (χ1v) is 3.13. The van der Waals surface area contributed by atoms with Crippen molar-refractivity contribution in [2.45, 2.75) is 6.61 Å². The number of nitrogens with zero attached hydrogens (tertiary/aromatic N) is 1. The highest BCUT2D eigenvalue weighted by Crippen LogP contribution is 2.03. The molecule has 0 fully saturated rings. The van der Waals surface area contributed by atoms with Gasteiger partial charge in [-0.05, 0) is 12.1 Å². The molecule has 2 N–H and O–H groups in total. The van der Waals surface area contributed by atoms with E-state index in [0.717, 1.165) is 0 Å². The van der Waals surface area contributed by atoms with Gasteiger partial charge in [0.1, 0.15) is 0 Å². The summed E-state index contributed by atoms with van der Waals surface area (Å²) >= 11 is 0. The maximum Gasteiger partial charge on any atom is 0.211 e. The summed E-state index contributed by atoms with van der Waals surface area (Å²) in [6.45, 7) is -0.0820. The fraction of sp³-hybridized carbons (Fsp3) is 0.143. The predicted octanol–water partition coefficient (Wildman–Crippen LogP) is 0.142. The number of aliphatic hydroxyl groups is 1. The second kappa shape index (κ2) is 3.68. The smallest absolute Gasteiger partial charge is 0.211 e. The van der Waals surface area contributed by atoms with E-state index in [1.54, 1.807) is 12.1 Å². The Morgan fingerprint density at radius 3 is 2.91 bits per heavy atom. The standard InChI is InChI=1S/C7H8N2O2/c10-4-7-2-1-6(3-8-7)9-5-11/h1-3,5,10H,4H2,(H,9,11). The molecule has 0 aliphatic heterocycles. The highest BCUT2D eigenvalue weighted by molar-refractivity contribution is 5.70. The van der Waals surface area contributed by atoms with Gasteiger partial charge in [-0.1, -0.05) is 0 Å². The molecule has 0 spiro atoms. The van der Waals surface area contributed by atoms with Gasteiger partial charge in [0.2, 0.25) is 6.41 Å². The van der Waals surface area contributed by atoms with Crippen molar-refractivity contribution in [3.05, 3.63) is 24.0 Å². The van der Waals surface area contributed by atoms with Crippen molar-refractivity contribution in [1.82, 2.24) is 4.98 Å². The third-order valence-electron chi connectivity index (χ3n) is 1.21. The van der Waals surface area contributed by atoms with Crippen LogP contribution in [0.25, 0.3) is 0 Å². The average molecular weight is 152 g/mol. The Labute approximate surface area is 63.9 Å². The molecule has 1 heterocycles. The summed E-state index contributed by atoms with van der Waals surface area (Å²) in [6, 6.07) is 3.32. The summed E-state index contributed by atoms with van der Waals surface area (Å²) in [5, 5.41) is 11.0. The number of anilines is 1. The summed E-state index contributed by atoms with van der Waals surface area (Å²) in [6.07, 6.45) is 2.07. The number of amides is 1. The Bertz CT molecular complexity index is 233. The number of aromatic nitrogens is 1. The van der Waals surface area contributed by atoms with Crippen molar-refractivity contribution < 1.29 is 9.90 Å². The van der Waals surface area contributed by atoms with Crippen LogP contribution in [0.2, 0.25) is 0 Å². The average Bonchev–Trinajstić information content (AvgIpc) is 2.07. The van der Waals surface area contributed by atoms with Crippen molar-refractivity contribution in [3.63, 3.8) is 0 Å². The normalized spacial score (nSPS) is 9.18. The maximum absolute atomic E-state index is 9.94. The van der Waals surface area contributed by atoms with Crippen molar-refractivity contribution in [3.8, 4) is 0 Å². The minimum Gasteiger partial charge on any atom is -0.390 e. The molecule has 0 aliphatic carbocycles. The Hall–Kier alpha value is -1.42. The molecule has 1 amide bonds. The zero-order valence-electron chi connectivity index (χ0n) is 5.82.